The fourth-order valence-electron chi connectivity index (χ4n) is 3.85. The van der Waals surface area contributed by atoms with Crippen molar-refractivity contribution in [2.24, 2.45) is 10.7 Å². The van der Waals surface area contributed by atoms with E-state index in [1.807, 2.05) is 5.32 Å². The van der Waals surface area contributed by atoms with Gasteiger partial charge in [-0.25, -0.2) is 13.8 Å². The third-order valence-corrected chi connectivity index (χ3v) is 5.71. The van der Waals surface area contributed by atoms with E-state index in [0.29, 0.717) is 25.1 Å². The minimum atomic E-state index is -4.43. The molecule has 3 rings (SSSR count). The first-order valence-electron chi connectivity index (χ1n) is 11.1. The molecule has 1 aliphatic rings. The van der Waals surface area contributed by atoms with Crippen molar-refractivity contribution >= 4 is 24.0 Å². The van der Waals surface area contributed by atoms with E-state index in [1.54, 1.807) is 11.8 Å². The Hall–Kier alpha value is -3.70. The number of nitrogens with two attached hydrogens (primary N) is 1. The van der Waals surface area contributed by atoms with Crippen molar-refractivity contribution in [3.63, 3.8) is 0 Å². The van der Waals surface area contributed by atoms with Crippen LogP contribution < -0.4 is 16.0 Å². The van der Waals surface area contributed by atoms with Crippen molar-refractivity contribution in [3.05, 3.63) is 64.7 Å². The Bertz CT molecular complexity index is 1090. The number of ether oxygens (including phenoxy) is 1. The Balaban J connectivity index is 1.58. The summed E-state index contributed by atoms with van der Waals surface area (Å²) in [6.45, 7) is 2.28. The molecule has 1 heterocycles. The number of carbonyl (C=O) groups is 2. The third-order valence-electron chi connectivity index (χ3n) is 5.71. The van der Waals surface area contributed by atoms with Gasteiger partial charge in [-0.15, -0.1) is 0 Å². The van der Waals surface area contributed by atoms with Gasteiger partial charge in [0.15, 0.2) is 0 Å². The molecule has 1 unspecified atom stereocenters. The van der Waals surface area contributed by atoms with E-state index in [9.17, 15) is 31.5 Å². The molecule has 0 aliphatic carbocycles. The number of hydrogen-bond acceptors (Lipinski definition) is 5. The lowest BCUT2D eigenvalue weighted by Crippen LogP contribution is -2.51. The van der Waals surface area contributed by atoms with Crippen LogP contribution in [0.15, 0.2) is 41.4 Å². The highest BCUT2D eigenvalue weighted by Gasteiger charge is 2.32. The summed E-state index contributed by atoms with van der Waals surface area (Å²) < 4.78 is 72.8. The van der Waals surface area contributed by atoms with E-state index in [4.69, 9.17) is 10.5 Å². The number of aliphatic imine (C=N–C) groups is 1. The fourth-order valence-corrected chi connectivity index (χ4v) is 3.85. The third kappa shape index (κ3) is 6.49. The number of nitrogens with one attached hydrogen (secondary N) is 1. The molecular weight excluding hydrogens is 487 g/mol. The Labute approximate surface area is 204 Å². The molecule has 1 fully saturated rings. The van der Waals surface area contributed by atoms with Crippen LogP contribution in [0.1, 0.15) is 42.4 Å². The number of nitrogens with zero attached hydrogens (tertiary/aromatic N) is 2. The second-order valence-electron chi connectivity index (χ2n) is 8.30. The lowest BCUT2D eigenvalue weighted by molar-refractivity contribution is -0.137. The Morgan fingerprint density at radius 2 is 1.83 bits per heavy atom. The summed E-state index contributed by atoms with van der Waals surface area (Å²) in [7, 11) is 0. The van der Waals surface area contributed by atoms with Crippen LogP contribution in [0.4, 0.5) is 27.6 Å². The number of hydrogen-bond donors (Lipinski definition) is 2. The maximum absolute atomic E-state index is 14.8. The van der Waals surface area contributed by atoms with Crippen LogP contribution in [0.25, 0.3) is 0 Å². The highest BCUT2D eigenvalue weighted by Crippen LogP contribution is 2.33. The van der Waals surface area contributed by atoms with Crippen molar-refractivity contribution in [3.8, 4) is 0 Å². The van der Waals surface area contributed by atoms with Gasteiger partial charge in [0.25, 0.3) is 6.02 Å². The number of carbonyl (C=O) groups excluding carboxylic acids is 2. The van der Waals surface area contributed by atoms with Crippen LogP contribution in [0.3, 0.4) is 0 Å². The summed E-state index contributed by atoms with van der Waals surface area (Å²) in [4.78, 5) is 28.5. The average Bonchev–Trinajstić information content (AvgIpc) is 2.78. The van der Waals surface area contributed by atoms with Crippen molar-refractivity contribution < 1.29 is 36.3 Å². The van der Waals surface area contributed by atoms with E-state index in [-0.39, 0.29) is 37.2 Å². The van der Waals surface area contributed by atoms with Crippen molar-refractivity contribution in [2.75, 3.05) is 18.0 Å². The topological polar surface area (TPSA) is 97.0 Å². The molecule has 1 atom stereocenters. The van der Waals surface area contributed by atoms with Crippen LogP contribution >= 0.6 is 0 Å². The summed E-state index contributed by atoms with van der Waals surface area (Å²) >= 11 is 0. The number of imide groups is 1. The predicted molar refractivity (Wildman–Crippen MR) is 122 cm³/mol. The van der Waals surface area contributed by atoms with E-state index in [1.165, 1.54) is 12.1 Å². The van der Waals surface area contributed by atoms with Crippen LogP contribution in [0.2, 0.25) is 0 Å². The number of anilines is 1. The first-order valence-corrected chi connectivity index (χ1v) is 11.1. The normalized spacial score (nSPS) is 15.3. The number of rotatable bonds is 9. The van der Waals surface area contributed by atoms with E-state index >= 15 is 0 Å². The summed E-state index contributed by atoms with van der Waals surface area (Å²) in [6.07, 6.45) is -3.61. The van der Waals surface area contributed by atoms with Gasteiger partial charge in [-0.1, -0.05) is 25.5 Å². The van der Waals surface area contributed by atoms with Crippen LogP contribution in [0, 0.1) is 11.6 Å². The summed E-state index contributed by atoms with van der Waals surface area (Å²) in [5.74, 6) is -3.70. The van der Waals surface area contributed by atoms with Gasteiger partial charge in [-0.05, 0) is 36.2 Å². The molecule has 0 aromatic heterocycles. The van der Waals surface area contributed by atoms with Gasteiger partial charge in [0.1, 0.15) is 18.2 Å². The smallest absolute Gasteiger partial charge is 0.416 e. The minimum Gasteiger partial charge on any atom is -0.461 e. The van der Waals surface area contributed by atoms with E-state index < -0.39 is 40.8 Å². The first kappa shape index (κ1) is 26.9. The predicted octanol–water partition coefficient (Wildman–Crippen LogP) is 3.86. The molecule has 2 aromatic carbocycles. The van der Waals surface area contributed by atoms with Crippen LogP contribution in [-0.4, -0.2) is 37.5 Å². The van der Waals surface area contributed by atoms with Gasteiger partial charge in [0.05, 0.1) is 17.5 Å². The van der Waals surface area contributed by atoms with Gasteiger partial charge in [0.2, 0.25) is 12.3 Å². The quantitative estimate of drug-likeness (QED) is 0.230. The maximum Gasteiger partial charge on any atom is 0.416 e. The van der Waals surface area contributed by atoms with Crippen molar-refractivity contribution in [1.29, 1.82) is 0 Å². The Morgan fingerprint density at radius 3 is 2.36 bits per heavy atom. The Kier molecular flexibility index (Phi) is 8.49. The van der Waals surface area contributed by atoms with Crippen LogP contribution in [-0.2, 0) is 27.1 Å². The zero-order chi connectivity index (χ0) is 26.5. The second-order valence-corrected chi connectivity index (χ2v) is 8.30. The van der Waals surface area contributed by atoms with Gasteiger partial charge in [-0.3, -0.25) is 14.9 Å². The fraction of sp³-hybridized carbons (Fsp3) is 0.375. The zero-order valence-electron chi connectivity index (χ0n) is 19.3. The number of benzene rings is 2. The standard InChI is InChI=1S/C24H25F5N4O3/c1-2-3-18(22(35)31-13-34)21-19(25)8-17(9-20(21)26)33-10-16(11-33)32-23(30)36-12-14-4-6-15(7-5-14)24(27,28)29/h4-9,13,16,18H,2-3,10-12H2,1H3,(H2,30,32)(H,31,34,35). The first-order chi connectivity index (χ1) is 17.0. The lowest BCUT2D eigenvalue weighted by Gasteiger charge is -2.39. The SMILES string of the molecule is CCCC(C(=O)NC=O)c1c(F)cc(N2CC(N=C(N)OCc3ccc(C(F)(F)F)cc3)C2)cc1F. The molecule has 2 aromatic rings. The molecular formula is C24H25F5N4O3. The zero-order valence-corrected chi connectivity index (χ0v) is 19.3. The molecule has 7 nitrogen and oxygen atoms in total. The number of alkyl halides is 3. The van der Waals surface area contributed by atoms with Gasteiger partial charge < -0.3 is 15.4 Å². The summed E-state index contributed by atoms with van der Waals surface area (Å²) in [5, 5.41) is 1.95. The molecule has 1 aliphatic heterocycles. The van der Waals surface area contributed by atoms with Crippen molar-refractivity contribution in [2.45, 2.75) is 44.5 Å². The molecule has 3 N–H and O–H groups in total. The average molecular weight is 512 g/mol. The van der Waals surface area contributed by atoms with Crippen LogP contribution in [0.5, 0.6) is 0 Å². The van der Waals surface area contributed by atoms with Gasteiger partial charge in [-0.2, -0.15) is 13.2 Å². The lowest BCUT2D eigenvalue weighted by atomic mass is 9.92. The number of amides is 2. The minimum absolute atomic E-state index is 0.0710. The number of amidine groups is 1. The van der Waals surface area contributed by atoms with E-state index in [2.05, 4.69) is 4.99 Å². The Morgan fingerprint density at radius 1 is 1.22 bits per heavy atom. The van der Waals surface area contributed by atoms with Crippen molar-refractivity contribution in [1.82, 2.24) is 5.32 Å². The molecule has 36 heavy (non-hydrogen) atoms. The molecule has 2 amide bonds. The molecule has 0 spiro atoms. The molecule has 1 saturated heterocycles. The number of halogens is 5. The summed E-state index contributed by atoms with van der Waals surface area (Å²) in [5.41, 5.74) is 5.32. The maximum atomic E-state index is 14.8. The molecule has 0 bridgehead atoms. The molecule has 0 saturated carbocycles. The molecule has 0 radical (unpaired) electrons. The molecule has 12 heteroatoms. The van der Waals surface area contributed by atoms with Gasteiger partial charge >= 0.3 is 6.18 Å². The summed E-state index contributed by atoms with van der Waals surface area (Å²) in [6, 6.07) is 6.23. The highest BCUT2D eigenvalue weighted by molar-refractivity contribution is 5.91. The largest absolute Gasteiger partial charge is 0.461 e. The highest BCUT2D eigenvalue weighted by atomic mass is 19.4. The second kappa shape index (κ2) is 11.4. The van der Waals surface area contributed by atoms with E-state index in [0.717, 1.165) is 24.3 Å². The van der Waals surface area contributed by atoms with Gasteiger partial charge in [0, 0.05) is 24.3 Å². The monoisotopic (exact) mass is 512 g/mol. The molecule has 194 valence electrons.